The van der Waals surface area contributed by atoms with Crippen molar-refractivity contribution < 1.29 is 9.13 Å². The van der Waals surface area contributed by atoms with E-state index in [1.54, 1.807) is 0 Å². The van der Waals surface area contributed by atoms with Crippen molar-refractivity contribution in [2.24, 2.45) is 5.84 Å². The lowest BCUT2D eigenvalue weighted by Gasteiger charge is -2.25. The largest absolute Gasteiger partial charge is 0.493 e. The highest BCUT2D eigenvalue weighted by molar-refractivity contribution is 9.10. The van der Waals surface area contributed by atoms with Gasteiger partial charge in [0.05, 0.1) is 12.6 Å². The number of nitrogens with two attached hydrogens (primary N) is 1. The van der Waals surface area contributed by atoms with Crippen molar-refractivity contribution in [2.75, 3.05) is 6.61 Å². The van der Waals surface area contributed by atoms with Gasteiger partial charge in [-0.1, -0.05) is 34.1 Å². The molecule has 0 saturated carbocycles. The molecule has 2 aromatic carbocycles. The fourth-order valence-electron chi connectivity index (χ4n) is 2.75. The summed E-state index contributed by atoms with van der Waals surface area (Å²) < 4.78 is 20.2. The molecule has 1 aliphatic heterocycles. The first-order valence-electron chi connectivity index (χ1n) is 6.86. The van der Waals surface area contributed by atoms with E-state index in [-0.39, 0.29) is 11.9 Å². The molecule has 0 aliphatic carbocycles. The van der Waals surface area contributed by atoms with E-state index in [4.69, 9.17) is 10.6 Å². The Morgan fingerprint density at radius 3 is 2.90 bits per heavy atom. The number of nitrogens with one attached hydrogen (secondary N) is 1. The molecule has 0 bridgehead atoms. The van der Waals surface area contributed by atoms with Gasteiger partial charge in [-0.05, 0) is 42.2 Å². The molecule has 0 aromatic heterocycles. The third kappa shape index (κ3) is 2.95. The summed E-state index contributed by atoms with van der Waals surface area (Å²) in [5.74, 6) is 6.29. The van der Waals surface area contributed by atoms with Gasteiger partial charge in [-0.2, -0.15) is 0 Å². The second-order valence-electron chi connectivity index (χ2n) is 5.09. The zero-order chi connectivity index (χ0) is 14.8. The number of ether oxygens (including phenoxy) is 1. The average molecular weight is 351 g/mol. The average Bonchev–Trinajstić information content (AvgIpc) is 2.47. The Balaban J connectivity index is 2.08. The minimum atomic E-state index is -0.315. The normalized spacial score (nSPS) is 15.2. The zero-order valence-corrected chi connectivity index (χ0v) is 13.0. The molecular formula is C16H16BrFN2O. The Hall–Kier alpha value is -1.43. The molecule has 1 unspecified atom stereocenters. The van der Waals surface area contributed by atoms with E-state index in [2.05, 4.69) is 27.4 Å². The highest BCUT2D eigenvalue weighted by Gasteiger charge is 2.22. The molecule has 5 heteroatoms. The lowest BCUT2D eigenvalue weighted by molar-refractivity contribution is 0.283. The fraction of sp³-hybridized carbons (Fsp3) is 0.250. The van der Waals surface area contributed by atoms with Gasteiger partial charge in [-0.25, -0.2) is 9.82 Å². The van der Waals surface area contributed by atoms with Gasteiger partial charge in [0.2, 0.25) is 0 Å². The quantitative estimate of drug-likeness (QED) is 0.658. The monoisotopic (exact) mass is 350 g/mol. The van der Waals surface area contributed by atoms with Gasteiger partial charge in [0.15, 0.2) is 0 Å². The first-order valence-corrected chi connectivity index (χ1v) is 7.65. The van der Waals surface area contributed by atoms with Gasteiger partial charge < -0.3 is 4.74 Å². The van der Waals surface area contributed by atoms with Crippen molar-refractivity contribution in [3.05, 3.63) is 63.4 Å². The maximum Gasteiger partial charge on any atom is 0.127 e. The fourth-order valence-corrected chi connectivity index (χ4v) is 3.23. The van der Waals surface area contributed by atoms with E-state index in [1.807, 2.05) is 18.2 Å². The second kappa shape index (κ2) is 6.13. The summed E-state index contributed by atoms with van der Waals surface area (Å²) in [6.07, 6.45) is 2.01. The molecule has 3 N–H and O–H groups in total. The number of hydrogen-bond acceptors (Lipinski definition) is 3. The number of hydrogen-bond donors (Lipinski definition) is 2. The van der Waals surface area contributed by atoms with Crippen LogP contribution in [0.15, 0.2) is 40.9 Å². The van der Waals surface area contributed by atoms with Crippen molar-refractivity contribution in [1.82, 2.24) is 5.43 Å². The SMILES string of the molecule is NNC(c1cc(F)cc(Br)c1)c1cccc2c1OCCC2. The molecule has 110 valence electrons. The Labute approximate surface area is 131 Å². The van der Waals surface area contributed by atoms with Gasteiger partial charge in [-0.15, -0.1) is 0 Å². The molecule has 1 aliphatic rings. The number of fused-ring (bicyclic) bond motifs is 1. The Bertz CT molecular complexity index is 642. The lowest BCUT2D eigenvalue weighted by atomic mass is 9.94. The lowest BCUT2D eigenvalue weighted by Crippen LogP contribution is -2.30. The van der Waals surface area contributed by atoms with Crippen LogP contribution in [0.5, 0.6) is 5.75 Å². The van der Waals surface area contributed by atoms with Gasteiger partial charge in [-0.3, -0.25) is 5.84 Å². The van der Waals surface area contributed by atoms with Crippen LogP contribution in [0.1, 0.15) is 29.2 Å². The summed E-state index contributed by atoms with van der Waals surface area (Å²) in [6, 6.07) is 10.5. The van der Waals surface area contributed by atoms with Crippen LogP contribution < -0.4 is 16.0 Å². The third-order valence-electron chi connectivity index (χ3n) is 3.66. The number of rotatable bonds is 3. The smallest absolute Gasteiger partial charge is 0.127 e. The van der Waals surface area contributed by atoms with Crippen molar-refractivity contribution in [3.8, 4) is 5.75 Å². The summed E-state index contributed by atoms with van der Waals surface area (Å²) in [7, 11) is 0. The molecular weight excluding hydrogens is 335 g/mol. The topological polar surface area (TPSA) is 47.3 Å². The molecule has 0 fully saturated rings. The molecule has 0 saturated heterocycles. The van der Waals surface area contributed by atoms with Crippen LogP contribution in [0.25, 0.3) is 0 Å². The summed E-state index contributed by atoms with van der Waals surface area (Å²) in [5.41, 5.74) is 5.64. The second-order valence-corrected chi connectivity index (χ2v) is 6.01. The van der Waals surface area contributed by atoms with E-state index in [0.29, 0.717) is 11.1 Å². The van der Waals surface area contributed by atoms with E-state index < -0.39 is 0 Å². The van der Waals surface area contributed by atoms with E-state index >= 15 is 0 Å². The Morgan fingerprint density at radius 1 is 1.29 bits per heavy atom. The molecule has 2 aromatic rings. The van der Waals surface area contributed by atoms with Crippen LogP contribution in [0.4, 0.5) is 4.39 Å². The van der Waals surface area contributed by atoms with Crippen LogP contribution in [-0.4, -0.2) is 6.61 Å². The molecule has 0 amide bonds. The highest BCUT2D eigenvalue weighted by atomic mass is 79.9. The highest BCUT2D eigenvalue weighted by Crippen LogP contribution is 2.36. The standard InChI is InChI=1S/C16H16BrFN2O/c17-12-7-11(8-13(18)9-12)15(20-19)14-5-1-3-10-4-2-6-21-16(10)14/h1,3,5,7-9,15,20H,2,4,6,19H2. The van der Waals surface area contributed by atoms with E-state index in [1.165, 1.54) is 17.7 Å². The first-order chi connectivity index (χ1) is 10.2. The maximum absolute atomic E-state index is 13.6. The van der Waals surface area contributed by atoms with Crippen LogP contribution in [0.3, 0.4) is 0 Å². The molecule has 1 atom stereocenters. The van der Waals surface area contributed by atoms with Crippen molar-refractivity contribution in [2.45, 2.75) is 18.9 Å². The number of aryl methyl sites for hydroxylation is 1. The Kier molecular flexibility index (Phi) is 4.24. The zero-order valence-electron chi connectivity index (χ0n) is 11.4. The summed E-state index contributed by atoms with van der Waals surface area (Å²) in [5, 5.41) is 0. The van der Waals surface area contributed by atoms with Crippen LogP contribution >= 0.6 is 15.9 Å². The number of benzene rings is 2. The Morgan fingerprint density at radius 2 is 2.14 bits per heavy atom. The molecule has 1 heterocycles. The van der Waals surface area contributed by atoms with Gasteiger partial charge >= 0.3 is 0 Å². The number of para-hydroxylation sites is 1. The van der Waals surface area contributed by atoms with Crippen LogP contribution in [0, 0.1) is 5.82 Å². The van der Waals surface area contributed by atoms with E-state index in [9.17, 15) is 4.39 Å². The predicted molar refractivity (Wildman–Crippen MR) is 83.5 cm³/mol. The maximum atomic E-state index is 13.6. The molecule has 0 radical (unpaired) electrons. The predicted octanol–water partition coefficient (Wildman–Crippen LogP) is 3.47. The molecule has 0 spiro atoms. The van der Waals surface area contributed by atoms with Crippen molar-refractivity contribution in [3.63, 3.8) is 0 Å². The first kappa shape index (κ1) is 14.5. The molecule has 3 rings (SSSR count). The summed E-state index contributed by atoms with van der Waals surface area (Å²) in [6.45, 7) is 0.703. The van der Waals surface area contributed by atoms with Crippen molar-refractivity contribution in [1.29, 1.82) is 0 Å². The van der Waals surface area contributed by atoms with Gasteiger partial charge in [0.1, 0.15) is 11.6 Å². The summed E-state index contributed by atoms with van der Waals surface area (Å²) in [4.78, 5) is 0. The summed E-state index contributed by atoms with van der Waals surface area (Å²) >= 11 is 3.32. The molecule has 3 nitrogen and oxygen atoms in total. The minimum absolute atomic E-state index is 0.301. The van der Waals surface area contributed by atoms with Crippen molar-refractivity contribution >= 4 is 15.9 Å². The number of halogens is 2. The molecule has 21 heavy (non-hydrogen) atoms. The minimum Gasteiger partial charge on any atom is -0.493 e. The van der Waals surface area contributed by atoms with Crippen LogP contribution in [-0.2, 0) is 6.42 Å². The number of hydrazine groups is 1. The van der Waals surface area contributed by atoms with Crippen LogP contribution in [0.2, 0.25) is 0 Å². The van der Waals surface area contributed by atoms with Gasteiger partial charge in [0.25, 0.3) is 0 Å². The van der Waals surface area contributed by atoms with Gasteiger partial charge in [0, 0.05) is 10.0 Å². The third-order valence-corrected chi connectivity index (χ3v) is 4.12. The van der Waals surface area contributed by atoms with E-state index in [0.717, 1.165) is 29.7 Å².